The third-order valence-electron chi connectivity index (χ3n) is 5.67. The monoisotopic (exact) mass is 293 g/mol. The number of carbonyl (C=O) groups is 1. The minimum atomic E-state index is 0.229. The van der Waals surface area contributed by atoms with Crippen LogP contribution >= 0.6 is 0 Å². The Morgan fingerprint density at radius 1 is 0.905 bits per heavy atom. The first-order chi connectivity index (χ1) is 10.3. The SMILES string of the molecule is O=C(NC1CCCC1)N1CCCCCC1C1CCNCC1. The van der Waals surface area contributed by atoms with Crippen LogP contribution in [0, 0.1) is 5.92 Å². The lowest BCUT2D eigenvalue weighted by molar-refractivity contribution is 0.131. The molecule has 1 atom stereocenters. The Labute approximate surface area is 129 Å². The summed E-state index contributed by atoms with van der Waals surface area (Å²) in [7, 11) is 0. The zero-order valence-electron chi connectivity index (χ0n) is 13.3. The molecule has 0 bridgehead atoms. The molecule has 2 N–H and O–H groups in total. The third-order valence-corrected chi connectivity index (χ3v) is 5.67. The van der Waals surface area contributed by atoms with Crippen molar-refractivity contribution in [2.24, 2.45) is 5.92 Å². The largest absolute Gasteiger partial charge is 0.335 e. The van der Waals surface area contributed by atoms with Crippen LogP contribution in [-0.2, 0) is 0 Å². The Bertz CT molecular complexity index is 335. The Morgan fingerprint density at radius 3 is 2.38 bits per heavy atom. The van der Waals surface area contributed by atoms with Gasteiger partial charge in [0.25, 0.3) is 0 Å². The molecule has 4 nitrogen and oxygen atoms in total. The lowest BCUT2D eigenvalue weighted by Crippen LogP contribution is -2.52. The fourth-order valence-electron chi connectivity index (χ4n) is 4.43. The van der Waals surface area contributed by atoms with Crippen LogP contribution in [0.15, 0.2) is 0 Å². The summed E-state index contributed by atoms with van der Waals surface area (Å²) in [4.78, 5) is 15.0. The highest BCUT2D eigenvalue weighted by Gasteiger charge is 2.33. The van der Waals surface area contributed by atoms with E-state index in [9.17, 15) is 4.79 Å². The fourth-order valence-corrected chi connectivity index (χ4v) is 4.43. The zero-order chi connectivity index (χ0) is 14.5. The molecule has 0 aromatic heterocycles. The number of urea groups is 1. The Morgan fingerprint density at radius 2 is 1.62 bits per heavy atom. The van der Waals surface area contributed by atoms with E-state index < -0.39 is 0 Å². The van der Waals surface area contributed by atoms with E-state index in [-0.39, 0.29) is 6.03 Å². The molecule has 2 saturated heterocycles. The van der Waals surface area contributed by atoms with Crippen LogP contribution in [0.25, 0.3) is 0 Å². The standard InChI is InChI=1S/C17H31N3O/c21-17(19-15-6-3-4-7-15)20-13-5-1-2-8-16(20)14-9-11-18-12-10-14/h14-16,18H,1-13H2,(H,19,21). The summed E-state index contributed by atoms with van der Waals surface area (Å²) < 4.78 is 0. The van der Waals surface area contributed by atoms with Gasteiger partial charge >= 0.3 is 6.03 Å². The van der Waals surface area contributed by atoms with Crippen LogP contribution in [0.4, 0.5) is 4.79 Å². The topological polar surface area (TPSA) is 44.4 Å². The number of amides is 2. The Balaban J connectivity index is 1.63. The number of rotatable bonds is 2. The van der Waals surface area contributed by atoms with Gasteiger partial charge < -0.3 is 15.5 Å². The summed E-state index contributed by atoms with van der Waals surface area (Å²) in [5.74, 6) is 0.707. The van der Waals surface area contributed by atoms with Gasteiger partial charge in [-0.1, -0.05) is 25.7 Å². The molecule has 3 fully saturated rings. The van der Waals surface area contributed by atoms with Gasteiger partial charge in [0.1, 0.15) is 0 Å². The van der Waals surface area contributed by atoms with Gasteiger partial charge in [-0.05, 0) is 57.5 Å². The van der Waals surface area contributed by atoms with E-state index in [1.165, 1.54) is 64.2 Å². The predicted molar refractivity (Wildman–Crippen MR) is 85.3 cm³/mol. The first-order valence-corrected chi connectivity index (χ1v) is 9.12. The molecule has 3 rings (SSSR count). The van der Waals surface area contributed by atoms with Crippen molar-refractivity contribution in [3.8, 4) is 0 Å². The smallest absolute Gasteiger partial charge is 0.317 e. The highest BCUT2D eigenvalue weighted by molar-refractivity contribution is 5.75. The van der Waals surface area contributed by atoms with E-state index in [4.69, 9.17) is 0 Å². The molecule has 2 aliphatic heterocycles. The second-order valence-electron chi connectivity index (χ2n) is 7.13. The van der Waals surface area contributed by atoms with Crippen molar-refractivity contribution in [1.29, 1.82) is 0 Å². The van der Waals surface area contributed by atoms with E-state index >= 15 is 0 Å². The third kappa shape index (κ3) is 3.91. The number of piperidine rings is 1. The van der Waals surface area contributed by atoms with Gasteiger partial charge in [-0.2, -0.15) is 0 Å². The van der Waals surface area contributed by atoms with Gasteiger partial charge in [0.2, 0.25) is 0 Å². The van der Waals surface area contributed by atoms with Gasteiger partial charge in [-0.25, -0.2) is 4.79 Å². The summed E-state index contributed by atoms with van der Waals surface area (Å²) in [5.41, 5.74) is 0. The molecule has 0 spiro atoms. The minimum Gasteiger partial charge on any atom is -0.335 e. The average molecular weight is 293 g/mol. The van der Waals surface area contributed by atoms with Crippen molar-refractivity contribution < 1.29 is 4.79 Å². The maximum absolute atomic E-state index is 12.8. The zero-order valence-corrected chi connectivity index (χ0v) is 13.3. The van der Waals surface area contributed by atoms with Gasteiger partial charge in [0.15, 0.2) is 0 Å². The number of nitrogens with one attached hydrogen (secondary N) is 2. The Hall–Kier alpha value is -0.770. The molecule has 1 aliphatic carbocycles. The van der Waals surface area contributed by atoms with Crippen LogP contribution < -0.4 is 10.6 Å². The summed E-state index contributed by atoms with van der Waals surface area (Å²) in [5, 5.41) is 6.77. The van der Waals surface area contributed by atoms with E-state index in [1.54, 1.807) is 0 Å². The molecule has 4 heteroatoms. The highest BCUT2D eigenvalue weighted by Crippen LogP contribution is 2.28. The first-order valence-electron chi connectivity index (χ1n) is 9.12. The lowest BCUT2D eigenvalue weighted by Gasteiger charge is -2.38. The summed E-state index contributed by atoms with van der Waals surface area (Å²) >= 11 is 0. The maximum Gasteiger partial charge on any atom is 0.317 e. The number of hydrogen-bond donors (Lipinski definition) is 2. The summed E-state index contributed by atoms with van der Waals surface area (Å²) in [6, 6.07) is 1.15. The molecule has 1 unspecified atom stereocenters. The van der Waals surface area contributed by atoms with Crippen molar-refractivity contribution >= 4 is 6.03 Å². The first kappa shape index (κ1) is 15.1. The van der Waals surface area contributed by atoms with Crippen LogP contribution in [0.5, 0.6) is 0 Å². The van der Waals surface area contributed by atoms with Crippen molar-refractivity contribution in [3.63, 3.8) is 0 Å². The quantitative estimate of drug-likeness (QED) is 0.822. The maximum atomic E-state index is 12.8. The van der Waals surface area contributed by atoms with Gasteiger partial charge in [-0.3, -0.25) is 0 Å². The molecule has 1 saturated carbocycles. The van der Waals surface area contributed by atoms with E-state index in [0.717, 1.165) is 19.6 Å². The van der Waals surface area contributed by atoms with Crippen molar-refractivity contribution in [3.05, 3.63) is 0 Å². The fraction of sp³-hybridized carbons (Fsp3) is 0.941. The second kappa shape index (κ2) is 7.48. The van der Waals surface area contributed by atoms with Gasteiger partial charge in [0, 0.05) is 18.6 Å². The molecule has 21 heavy (non-hydrogen) atoms. The summed E-state index contributed by atoms with van der Waals surface area (Å²) in [6.45, 7) is 3.21. The molecule has 0 aromatic carbocycles. The normalized spacial score (nSPS) is 29.3. The van der Waals surface area contributed by atoms with E-state index in [0.29, 0.717) is 18.0 Å². The van der Waals surface area contributed by atoms with Crippen LogP contribution in [0.3, 0.4) is 0 Å². The van der Waals surface area contributed by atoms with Crippen molar-refractivity contribution in [2.45, 2.75) is 76.3 Å². The molecule has 0 aromatic rings. The van der Waals surface area contributed by atoms with E-state index in [2.05, 4.69) is 15.5 Å². The number of likely N-dealkylation sites (tertiary alicyclic amines) is 1. The average Bonchev–Trinajstić information content (AvgIpc) is 2.89. The van der Waals surface area contributed by atoms with Crippen LogP contribution in [-0.4, -0.2) is 42.6 Å². The van der Waals surface area contributed by atoms with Crippen LogP contribution in [0.1, 0.15) is 64.2 Å². The molecular weight excluding hydrogens is 262 g/mol. The number of hydrogen-bond acceptors (Lipinski definition) is 2. The molecule has 2 amide bonds. The highest BCUT2D eigenvalue weighted by atomic mass is 16.2. The van der Waals surface area contributed by atoms with Gasteiger partial charge in [-0.15, -0.1) is 0 Å². The molecule has 0 radical (unpaired) electrons. The Kier molecular flexibility index (Phi) is 5.39. The van der Waals surface area contributed by atoms with Crippen LogP contribution in [0.2, 0.25) is 0 Å². The molecule has 3 aliphatic rings. The second-order valence-corrected chi connectivity index (χ2v) is 7.13. The molecular formula is C17H31N3O. The predicted octanol–water partition coefficient (Wildman–Crippen LogP) is 2.88. The number of nitrogens with zero attached hydrogens (tertiary/aromatic N) is 1. The van der Waals surface area contributed by atoms with Crippen molar-refractivity contribution in [1.82, 2.24) is 15.5 Å². The lowest BCUT2D eigenvalue weighted by atomic mass is 9.87. The molecule has 2 heterocycles. The molecule has 120 valence electrons. The van der Waals surface area contributed by atoms with E-state index in [1.807, 2.05) is 0 Å². The van der Waals surface area contributed by atoms with Gasteiger partial charge in [0.05, 0.1) is 0 Å². The minimum absolute atomic E-state index is 0.229. The van der Waals surface area contributed by atoms with Crippen molar-refractivity contribution in [2.75, 3.05) is 19.6 Å². The summed E-state index contributed by atoms with van der Waals surface area (Å²) in [6.07, 6.45) is 12.4. The number of carbonyl (C=O) groups excluding carboxylic acids is 1.